The molecule has 2 nitrogen and oxygen atoms in total. The summed E-state index contributed by atoms with van der Waals surface area (Å²) in [6, 6.07) is 18.3. The van der Waals surface area contributed by atoms with Crippen LogP contribution in [-0.2, 0) is 0 Å². The largest absolute Gasteiger partial charge is 0.369 e. The summed E-state index contributed by atoms with van der Waals surface area (Å²) in [6.45, 7) is 4.86. The molecule has 0 aromatic heterocycles. The zero-order chi connectivity index (χ0) is 16.1. The Balaban J connectivity index is 1.53. The Kier molecular flexibility index (Phi) is 5.60. The van der Waals surface area contributed by atoms with Crippen molar-refractivity contribution in [3.63, 3.8) is 0 Å². The summed E-state index contributed by atoms with van der Waals surface area (Å²) in [5, 5.41) is 1.67. The molecule has 0 amide bonds. The van der Waals surface area contributed by atoms with Crippen molar-refractivity contribution >= 4 is 35.0 Å². The minimum absolute atomic E-state index is 0.783. The topological polar surface area (TPSA) is 6.48 Å². The predicted octanol–water partition coefficient (Wildman–Crippen LogP) is 4.74. The maximum atomic E-state index is 6.41. The van der Waals surface area contributed by atoms with E-state index >= 15 is 0 Å². The van der Waals surface area contributed by atoms with Gasteiger partial charge in [-0.25, -0.2) is 0 Å². The van der Waals surface area contributed by atoms with E-state index in [1.54, 1.807) is 0 Å². The summed E-state index contributed by atoms with van der Waals surface area (Å²) >= 11 is 12.4. The molecular weight excluding hydrogens is 327 g/mol. The first kappa shape index (κ1) is 16.4. The van der Waals surface area contributed by atoms with Gasteiger partial charge in [-0.2, -0.15) is 0 Å². The molecular formula is C19H20Cl2N2. The van der Waals surface area contributed by atoms with Crippen molar-refractivity contribution in [2.24, 2.45) is 0 Å². The Morgan fingerprint density at radius 3 is 2.22 bits per heavy atom. The zero-order valence-corrected chi connectivity index (χ0v) is 14.5. The number of halogens is 2. The number of nitrogens with zero attached hydrogens (tertiary/aromatic N) is 2. The fourth-order valence-corrected chi connectivity index (χ4v) is 3.23. The number of piperazine rings is 1. The first-order valence-electron chi connectivity index (χ1n) is 7.85. The average Bonchev–Trinajstić information content (AvgIpc) is 2.57. The van der Waals surface area contributed by atoms with Gasteiger partial charge in [-0.1, -0.05) is 53.5 Å². The number of rotatable bonds is 4. The molecule has 0 unspecified atom stereocenters. The quantitative estimate of drug-likeness (QED) is 0.788. The molecule has 4 heteroatoms. The second-order valence-corrected chi connectivity index (χ2v) is 6.66. The predicted molar refractivity (Wildman–Crippen MR) is 100 cm³/mol. The molecule has 1 fully saturated rings. The lowest BCUT2D eigenvalue weighted by Crippen LogP contribution is -2.46. The van der Waals surface area contributed by atoms with Crippen LogP contribution in [0.1, 0.15) is 5.56 Å². The molecule has 0 radical (unpaired) electrons. The normalized spacial score (nSPS) is 16.6. The molecule has 0 N–H and O–H groups in total. The van der Waals surface area contributed by atoms with E-state index in [2.05, 4.69) is 34.1 Å². The summed E-state index contributed by atoms with van der Waals surface area (Å²) in [6.07, 6.45) is 2.05. The van der Waals surface area contributed by atoms with Gasteiger partial charge < -0.3 is 4.90 Å². The van der Waals surface area contributed by atoms with Gasteiger partial charge in [0.05, 0.1) is 0 Å². The van der Waals surface area contributed by atoms with Crippen molar-refractivity contribution in [2.75, 3.05) is 37.6 Å². The monoisotopic (exact) mass is 346 g/mol. The number of benzene rings is 2. The van der Waals surface area contributed by atoms with Gasteiger partial charge in [-0.3, -0.25) is 4.90 Å². The van der Waals surface area contributed by atoms with E-state index in [-0.39, 0.29) is 0 Å². The van der Waals surface area contributed by atoms with Crippen LogP contribution in [0.3, 0.4) is 0 Å². The fourth-order valence-electron chi connectivity index (χ4n) is 2.81. The van der Waals surface area contributed by atoms with Crippen LogP contribution in [0.25, 0.3) is 6.08 Å². The third kappa shape index (κ3) is 4.74. The minimum Gasteiger partial charge on any atom is -0.369 e. The van der Waals surface area contributed by atoms with E-state index in [9.17, 15) is 0 Å². The third-order valence-corrected chi connectivity index (χ3v) is 4.54. The van der Waals surface area contributed by atoms with Gasteiger partial charge in [0.25, 0.3) is 0 Å². The number of hydrogen-bond acceptors (Lipinski definition) is 2. The van der Waals surface area contributed by atoms with Gasteiger partial charge in [-0.15, -0.1) is 0 Å². The lowest BCUT2D eigenvalue weighted by atomic mass is 10.2. The lowest BCUT2D eigenvalue weighted by molar-refractivity contribution is 0.282. The maximum absolute atomic E-state index is 6.41. The maximum Gasteiger partial charge on any atom is 0.0407 e. The van der Waals surface area contributed by atoms with Gasteiger partial charge in [-0.05, 0) is 35.9 Å². The van der Waals surface area contributed by atoms with Gasteiger partial charge in [0.15, 0.2) is 0 Å². The van der Waals surface area contributed by atoms with Gasteiger partial charge >= 0.3 is 0 Å². The Morgan fingerprint density at radius 2 is 1.57 bits per heavy atom. The Bertz CT molecular complexity index is 645. The minimum atomic E-state index is 0.783. The molecule has 0 aliphatic carbocycles. The van der Waals surface area contributed by atoms with E-state index in [4.69, 9.17) is 23.2 Å². The Labute approximate surface area is 147 Å². The molecule has 0 saturated carbocycles. The molecule has 2 aromatic rings. The lowest BCUT2D eigenvalue weighted by Gasteiger charge is -2.36. The summed E-state index contributed by atoms with van der Waals surface area (Å²) in [5.41, 5.74) is 2.39. The van der Waals surface area contributed by atoms with E-state index in [0.29, 0.717) is 0 Å². The van der Waals surface area contributed by atoms with Crippen LogP contribution in [0.2, 0.25) is 5.02 Å². The van der Waals surface area contributed by atoms with Crippen molar-refractivity contribution in [2.45, 2.75) is 0 Å². The highest BCUT2D eigenvalue weighted by Crippen LogP contribution is 2.20. The van der Waals surface area contributed by atoms with Gasteiger partial charge in [0, 0.05) is 48.5 Å². The van der Waals surface area contributed by atoms with E-state index in [1.807, 2.05) is 36.4 Å². The van der Waals surface area contributed by atoms with Crippen LogP contribution in [0, 0.1) is 0 Å². The van der Waals surface area contributed by atoms with E-state index in [0.717, 1.165) is 48.3 Å². The molecule has 3 rings (SSSR count). The highest BCUT2D eigenvalue weighted by atomic mass is 35.5. The van der Waals surface area contributed by atoms with Crippen molar-refractivity contribution in [3.05, 3.63) is 70.2 Å². The van der Waals surface area contributed by atoms with Crippen molar-refractivity contribution in [1.29, 1.82) is 0 Å². The van der Waals surface area contributed by atoms with Crippen molar-refractivity contribution in [1.82, 2.24) is 4.90 Å². The van der Waals surface area contributed by atoms with E-state index in [1.165, 1.54) is 5.69 Å². The van der Waals surface area contributed by atoms with Gasteiger partial charge in [0.2, 0.25) is 0 Å². The first-order valence-corrected chi connectivity index (χ1v) is 8.60. The summed E-state index contributed by atoms with van der Waals surface area (Å²) in [5.74, 6) is 0. The molecule has 2 aromatic carbocycles. The van der Waals surface area contributed by atoms with Crippen LogP contribution >= 0.6 is 23.2 Å². The molecule has 1 aliphatic heterocycles. The zero-order valence-electron chi connectivity index (χ0n) is 13.0. The van der Waals surface area contributed by atoms with Crippen LogP contribution in [-0.4, -0.2) is 37.6 Å². The molecule has 0 atom stereocenters. The second-order valence-electron chi connectivity index (χ2n) is 5.74. The molecule has 0 bridgehead atoms. The smallest absolute Gasteiger partial charge is 0.0407 e. The summed E-state index contributed by atoms with van der Waals surface area (Å²) in [7, 11) is 0. The highest BCUT2D eigenvalue weighted by Gasteiger charge is 2.17. The number of hydrogen-bond donors (Lipinski definition) is 0. The standard InChI is InChI=1S/C19H20Cl2N2/c20-17-6-8-19(9-7-17)23-12-10-22(11-13-23)15-18(21)14-16-4-2-1-3-5-16/h1-9,14H,10-13,15H2/b18-14+. The van der Waals surface area contributed by atoms with Crippen LogP contribution in [0.4, 0.5) is 5.69 Å². The Morgan fingerprint density at radius 1 is 0.913 bits per heavy atom. The summed E-state index contributed by atoms with van der Waals surface area (Å²) < 4.78 is 0. The molecule has 1 heterocycles. The summed E-state index contributed by atoms with van der Waals surface area (Å²) in [4.78, 5) is 4.79. The third-order valence-electron chi connectivity index (χ3n) is 4.06. The fraction of sp³-hybridized carbons (Fsp3) is 0.263. The van der Waals surface area contributed by atoms with Crippen LogP contribution in [0.5, 0.6) is 0 Å². The number of anilines is 1. The highest BCUT2D eigenvalue weighted by molar-refractivity contribution is 6.31. The van der Waals surface area contributed by atoms with Crippen molar-refractivity contribution < 1.29 is 0 Å². The van der Waals surface area contributed by atoms with Crippen LogP contribution in [0.15, 0.2) is 59.6 Å². The average molecular weight is 347 g/mol. The molecule has 23 heavy (non-hydrogen) atoms. The van der Waals surface area contributed by atoms with Crippen molar-refractivity contribution in [3.8, 4) is 0 Å². The van der Waals surface area contributed by atoms with Crippen LogP contribution < -0.4 is 4.90 Å². The first-order chi connectivity index (χ1) is 11.2. The van der Waals surface area contributed by atoms with E-state index < -0.39 is 0 Å². The molecule has 120 valence electrons. The molecule has 1 saturated heterocycles. The second kappa shape index (κ2) is 7.87. The SMILES string of the molecule is Cl/C(=C/c1ccccc1)CN1CCN(c2ccc(Cl)cc2)CC1. The Hall–Kier alpha value is -1.48. The molecule has 0 spiro atoms. The molecule has 1 aliphatic rings. The van der Waals surface area contributed by atoms with Gasteiger partial charge in [0.1, 0.15) is 0 Å².